The number of hydrogen-bond donors (Lipinski definition) is 0. The molecule has 25 heavy (non-hydrogen) atoms. The molecule has 1 heterocycles. The van der Waals surface area contributed by atoms with Crippen LogP contribution in [0.5, 0.6) is 0 Å². The number of nitro benzene ring substituents is 1. The Kier molecular flexibility index (Phi) is 4.53. The summed E-state index contributed by atoms with van der Waals surface area (Å²) in [4.78, 5) is 27.3. The van der Waals surface area contributed by atoms with E-state index in [0.717, 1.165) is 11.3 Å². The van der Waals surface area contributed by atoms with E-state index < -0.39 is 16.6 Å². The topological polar surface area (TPSA) is 77.5 Å². The van der Waals surface area contributed by atoms with E-state index in [0.29, 0.717) is 21.6 Å². The van der Waals surface area contributed by atoms with Crippen molar-refractivity contribution in [1.82, 2.24) is 4.57 Å². The van der Waals surface area contributed by atoms with Gasteiger partial charge in [-0.25, -0.2) is 4.39 Å². The highest BCUT2D eigenvalue weighted by atomic mass is 32.1. The predicted octanol–water partition coefficient (Wildman–Crippen LogP) is 3.68. The summed E-state index contributed by atoms with van der Waals surface area (Å²) in [7, 11) is 0. The molecule has 0 spiro atoms. The maximum absolute atomic E-state index is 13.4. The number of fused-ring (bicyclic) bond motifs is 1. The van der Waals surface area contributed by atoms with Gasteiger partial charge in [0.1, 0.15) is 11.4 Å². The van der Waals surface area contributed by atoms with Gasteiger partial charge in [0.15, 0.2) is 4.80 Å². The number of para-hydroxylation sites is 1. The van der Waals surface area contributed by atoms with Crippen LogP contribution in [0.2, 0.25) is 0 Å². The van der Waals surface area contributed by atoms with Crippen molar-refractivity contribution in [2.75, 3.05) is 0 Å². The monoisotopic (exact) mass is 357 g/mol. The first-order valence-electron chi connectivity index (χ1n) is 7.23. The fraction of sp³-hybridized carbons (Fsp3) is 0.0588. The van der Waals surface area contributed by atoms with Crippen LogP contribution in [0.25, 0.3) is 10.2 Å². The lowest BCUT2D eigenvalue weighted by Crippen LogP contribution is -2.16. The molecule has 0 bridgehead atoms. The Morgan fingerprint density at radius 2 is 2.12 bits per heavy atom. The number of benzene rings is 2. The molecular weight excluding hydrogens is 345 g/mol. The summed E-state index contributed by atoms with van der Waals surface area (Å²) in [6.45, 7) is 4.04. The first kappa shape index (κ1) is 16.7. The maximum Gasteiger partial charge on any atom is 0.286 e. The summed E-state index contributed by atoms with van der Waals surface area (Å²) in [6, 6.07) is 9.90. The molecule has 3 rings (SSSR count). The van der Waals surface area contributed by atoms with Crippen molar-refractivity contribution in [3.8, 4) is 0 Å². The lowest BCUT2D eigenvalue weighted by molar-refractivity contribution is -0.385. The quantitative estimate of drug-likeness (QED) is 0.406. The third-order valence-corrected chi connectivity index (χ3v) is 4.53. The molecule has 0 aliphatic heterocycles. The number of carbonyl (C=O) groups is 1. The van der Waals surface area contributed by atoms with Gasteiger partial charge < -0.3 is 4.57 Å². The van der Waals surface area contributed by atoms with E-state index in [1.165, 1.54) is 36.4 Å². The molecular formula is C17H12FN3O3S. The molecule has 0 atom stereocenters. The minimum Gasteiger partial charge on any atom is -0.312 e. The summed E-state index contributed by atoms with van der Waals surface area (Å²) < 4.78 is 15.8. The van der Waals surface area contributed by atoms with Crippen molar-refractivity contribution in [2.45, 2.75) is 6.54 Å². The van der Waals surface area contributed by atoms with Crippen LogP contribution in [-0.2, 0) is 6.54 Å². The lowest BCUT2D eigenvalue weighted by atomic mass is 10.2. The highest BCUT2D eigenvalue weighted by molar-refractivity contribution is 7.16. The third kappa shape index (κ3) is 3.24. The van der Waals surface area contributed by atoms with Gasteiger partial charge in [0.2, 0.25) is 0 Å². The Morgan fingerprint density at radius 1 is 1.36 bits per heavy atom. The molecule has 0 unspecified atom stereocenters. The zero-order valence-electron chi connectivity index (χ0n) is 12.9. The van der Waals surface area contributed by atoms with Gasteiger partial charge in [0.25, 0.3) is 11.6 Å². The Morgan fingerprint density at radius 3 is 2.84 bits per heavy atom. The second-order valence-electron chi connectivity index (χ2n) is 5.09. The SMILES string of the molecule is C=CCn1c(=NC(=O)c2ccccc2[N+](=O)[O-])sc2cc(F)ccc21. The second-order valence-corrected chi connectivity index (χ2v) is 6.10. The van der Waals surface area contributed by atoms with E-state index in [1.54, 1.807) is 16.7 Å². The van der Waals surface area contributed by atoms with Crippen LogP contribution in [-0.4, -0.2) is 15.4 Å². The molecule has 0 aliphatic carbocycles. The Hall–Kier alpha value is -3.13. The summed E-state index contributed by atoms with van der Waals surface area (Å²) >= 11 is 1.13. The van der Waals surface area contributed by atoms with Gasteiger partial charge in [-0.05, 0) is 24.3 Å². The molecule has 1 amide bonds. The highest BCUT2D eigenvalue weighted by Crippen LogP contribution is 2.20. The maximum atomic E-state index is 13.4. The summed E-state index contributed by atoms with van der Waals surface area (Å²) in [5, 5.41) is 11.1. The van der Waals surface area contributed by atoms with E-state index in [9.17, 15) is 19.3 Å². The standard InChI is InChI=1S/C17H12FN3O3S/c1-2-9-20-14-8-7-11(18)10-15(14)25-17(20)19-16(22)12-5-3-4-6-13(12)21(23)24/h2-8,10H,1,9H2. The molecule has 1 aromatic heterocycles. The molecule has 0 saturated heterocycles. The van der Waals surface area contributed by atoms with Crippen LogP contribution >= 0.6 is 11.3 Å². The molecule has 0 radical (unpaired) electrons. The molecule has 0 saturated carbocycles. The number of halogens is 1. The van der Waals surface area contributed by atoms with Gasteiger partial charge in [-0.15, -0.1) is 6.58 Å². The largest absolute Gasteiger partial charge is 0.312 e. The normalized spacial score (nSPS) is 11.6. The molecule has 2 aromatic carbocycles. The van der Waals surface area contributed by atoms with E-state index in [1.807, 2.05) is 0 Å². The van der Waals surface area contributed by atoms with Crippen LogP contribution in [0.1, 0.15) is 10.4 Å². The number of nitro groups is 1. The minimum absolute atomic E-state index is 0.0960. The van der Waals surface area contributed by atoms with Gasteiger partial charge in [0.05, 0.1) is 15.1 Å². The summed E-state index contributed by atoms with van der Waals surface area (Å²) in [5.74, 6) is -1.12. The molecule has 0 fully saturated rings. The van der Waals surface area contributed by atoms with E-state index in [4.69, 9.17) is 0 Å². The van der Waals surface area contributed by atoms with Gasteiger partial charge >= 0.3 is 0 Å². The number of nitrogens with zero attached hydrogens (tertiary/aromatic N) is 3. The van der Waals surface area contributed by atoms with Crippen molar-refractivity contribution in [1.29, 1.82) is 0 Å². The van der Waals surface area contributed by atoms with Crippen LogP contribution in [0.4, 0.5) is 10.1 Å². The fourth-order valence-corrected chi connectivity index (χ4v) is 3.46. The van der Waals surface area contributed by atoms with Crippen molar-refractivity contribution in [3.63, 3.8) is 0 Å². The van der Waals surface area contributed by atoms with Crippen molar-refractivity contribution < 1.29 is 14.1 Å². The zero-order valence-corrected chi connectivity index (χ0v) is 13.7. The zero-order chi connectivity index (χ0) is 18.0. The molecule has 6 nitrogen and oxygen atoms in total. The molecule has 8 heteroatoms. The second kappa shape index (κ2) is 6.78. The van der Waals surface area contributed by atoms with Crippen molar-refractivity contribution in [3.05, 3.63) is 81.4 Å². The van der Waals surface area contributed by atoms with Gasteiger partial charge in [-0.2, -0.15) is 4.99 Å². The minimum atomic E-state index is -0.725. The van der Waals surface area contributed by atoms with Gasteiger partial charge in [-0.3, -0.25) is 14.9 Å². The number of hydrogen-bond acceptors (Lipinski definition) is 4. The molecule has 0 aliphatic rings. The Balaban J connectivity index is 2.18. The average molecular weight is 357 g/mol. The van der Waals surface area contributed by atoms with E-state index >= 15 is 0 Å². The van der Waals surface area contributed by atoms with Crippen LogP contribution in [0, 0.1) is 15.9 Å². The smallest absolute Gasteiger partial charge is 0.286 e. The van der Waals surface area contributed by atoms with Crippen LogP contribution in [0.15, 0.2) is 60.1 Å². The molecule has 3 aromatic rings. The number of thiazole rings is 1. The summed E-state index contributed by atoms with van der Waals surface area (Å²) in [5.41, 5.74) is 0.306. The van der Waals surface area contributed by atoms with Crippen molar-refractivity contribution >= 4 is 33.1 Å². The number of rotatable bonds is 4. The first-order valence-corrected chi connectivity index (χ1v) is 8.05. The fourth-order valence-electron chi connectivity index (χ4n) is 2.40. The van der Waals surface area contributed by atoms with Gasteiger partial charge in [0, 0.05) is 12.6 Å². The molecule has 126 valence electrons. The Bertz CT molecular complexity index is 1070. The van der Waals surface area contributed by atoms with E-state index in [-0.39, 0.29) is 11.3 Å². The van der Waals surface area contributed by atoms with Gasteiger partial charge in [-0.1, -0.05) is 29.5 Å². The van der Waals surface area contributed by atoms with Crippen molar-refractivity contribution in [2.24, 2.45) is 4.99 Å². The number of allylic oxidation sites excluding steroid dienone is 1. The average Bonchev–Trinajstić information content (AvgIpc) is 2.91. The lowest BCUT2D eigenvalue weighted by Gasteiger charge is -2.01. The highest BCUT2D eigenvalue weighted by Gasteiger charge is 2.19. The first-order chi connectivity index (χ1) is 12.0. The third-order valence-electron chi connectivity index (χ3n) is 3.48. The summed E-state index contributed by atoms with van der Waals surface area (Å²) in [6.07, 6.45) is 1.63. The number of carbonyl (C=O) groups excluding carboxylic acids is 1. The van der Waals surface area contributed by atoms with E-state index in [2.05, 4.69) is 11.6 Å². The predicted molar refractivity (Wildman–Crippen MR) is 93.0 cm³/mol. The van der Waals surface area contributed by atoms with Crippen LogP contribution < -0.4 is 4.80 Å². The number of amides is 1. The number of aromatic nitrogens is 1. The van der Waals surface area contributed by atoms with Crippen LogP contribution in [0.3, 0.4) is 0 Å². The molecule has 0 N–H and O–H groups in total. The Labute approximate surface area is 145 Å².